The minimum atomic E-state index is -0.441. The van der Waals surface area contributed by atoms with Gasteiger partial charge in [0.2, 0.25) is 0 Å². The van der Waals surface area contributed by atoms with Gasteiger partial charge in [0, 0.05) is 5.56 Å². The van der Waals surface area contributed by atoms with Crippen LogP contribution in [-0.2, 0) is 9.53 Å². The van der Waals surface area contributed by atoms with Gasteiger partial charge in [0.05, 0.1) is 17.9 Å². The van der Waals surface area contributed by atoms with Gasteiger partial charge in [-0.2, -0.15) is 4.68 Å². The molecule has 0 saturated heterocycles. The Morgan fingerprint density at radius 1 is 1.27 bits per heavy atom. The number of ether oxygens (including phenoxy) is 1. The lowest BCUT2D eigenvalue weighted by Gasteiger charge is -2.12. The van der Waals surface area contributed by atoms with Crippen molar-refractivity contribution in [2.75, 3.05) is 17.8 Å². The standard InChI is InChI=1S/C17H15N3O4S2/c1-2-24-13(21)10-26-17-18-12-8-9-25-14(12)16(23)20(17)19-15(22)11-6-4-3-5-7-11/h3-9H,2,10H2,1H3,(H,19,22). The zero-order chi connectivity index (χ0) is 18.5. The first-order valence-electron chi connectivity index (χ1n) is 7.75. The SMILES string of the molecule is CCOC(=O)CSc1nc2ccsc2c(=O)n1NC(=O)c1ccccc1. The number of nitrogens with zero attached hydrogens (tertiary/aromatic N) is 2. The van der Waals surface area contributed by atoms with Crippen LogP contribution in [0.1, 0.15) is 17.3 Å². The lowest BCUT2D eigenvalue weighted by molar-refractivity contribution is -0.139. The molecule has 0 radical (unpaired) electrons. The number of thiophene rings is 1. The van der Waals surface area contributed by atoms with Crippen molar-refractivity contribution < 1.29 is 14.3 Å². The van der Waals surface area contributed by atoms with Crippen LogP contribution in [0.15, 0.2) is 51.7 Å². The maximum absolute atomic E-state index is 12.7. The summed E-state index contributed by atoms with van der Waals surface area (Å²) in [7, 11) is 0. The molecule has 7 nitrogen and oxygen atoms in total. The molecule has 0 saturated carbocycles. The van der Waals surface area contributed by atoms with E-state index >= 15 is 0 Å². The molecule has 0 aliphatic carbocycles. The van der Waals surface area contributed by atoms with Crippen LogP contribution in [0.25, 0.3) is 10.2 Å². The molecule has 0 fully saturated rings. The number of amides is 1. The molecule has 0 unspecified atom stereocenters. The maximum atomic E-state index is 12.7. The van der Waals surface area contributed by atoms with E-state index in [4.69, 9.17) is 4.74 Å². The van der Waals surface area contributed by atoms with Crippen molar-refractivity contribution in [3.8, 4) is 0 Å². The van der Waals surface area contributed by atoms with Crippen molar-refractivity contribution in [3.05, 3.63) is 57.7 Å². The number of carbonyl (C=O) groups excluding carboxylic acids is 2. The van der Waals surface area contributed by atoms with E-state index in [2.05, 4.69) is 10.4 Å². The number of esters is 1. The van der Waals surface area contributed by atoms with Crippen LogP contribution in [-0.4, -0.2) is 33.9 Å². The number of thioether (sulfide) groups is 1. The first kappa shape index (κ1) is 18.2. The highest BCUT2D eigenvalue weighted by molar-refractivity contribution is 7.99. The molecule has 0 aliphatic rings. The fraction of sp³-hybridized carbons (Fsp3) is 0.176. The lowest BCUT2D eigenvalue weighted by Crippen LogP contribution is -2.35. The van der Waals surface area contributed by atoms with Gasteiger partial charge in [0.25, 0.3) is 11.5 Å². The second-order valence-corrected chi connectivity index (χ2v) is 6.93. The molecule has 1 aromatic carbocycles. The van der Waals surface area contributed by atoms with E-state index in [0.717, 1.165) is 16.4 Å². The summed E-state index contributed by atoms with van der Waals surface area (Å²) < 4.78 is 6.41. The van der Waals surface area contributed by atoms with Gasteiger partial charge in [0.15, 0.2) is 5.16 Å². The molecule has 9 heteroatoms. The van der Waals surface area contributed by atoms with Crippen molar-refractivity contribution >= 4 is 45.2 Å². The molecule has 0 atom stereocenters. The fourth-order valence-corrected chi connectivity index (χ4v) is 3.68. The van der Waals surface area contributed by atoms with E-state index in [1.807, 2.05) is 0 Å². The van der Waals surface area contributed by atoms with Crippen molar-refractivity contribution in [1.29, 1.82) is 0 Å². The van der Waals surface area contributed by atoms with Gasteiger partial charge in [-0.05, 0) is 30.5 Å². The Bertz CT molecular complexity index is 998. The van der Waals surface area contributed by atoms with Gasteiger partial charge < -0.3 is 4.74 Å². The molecule has 3 rings (SSSR count). The molecule has 134 valence electrons. The molecular weight excluding hydrogens is 374 g/mol. The average Bonchev–Trinajstić information content (AvgIpc) is 3.12. The molecule has 1 N–H and O–H groups in total. The minimum absolute atomic E-state index is 0.0167. The van der Waals surface area contributed by atoms with Gasteiger partial charge >= 0.3 is 5.97 Å². The molecule has 0 aliphatic heterocycles. The molecular formula is C17H15N3O4S2. The Morgan fingerprint density at radius 2 is 2.04 bits per heavy atom. The summed E-state index contributed by atoms with van der Waals surface area (Å²) in [5.74, 6) is -0.876. The van der Waals surface area contributed by atoms with E-state index in [1.165, 1.54) is 11.3 Å². The van der Waals surface area contributed by atoms with Gasteiger partial charge in [0.1, 0.15) is 4.70 Å². The van der Waals surface area contributed by atoms with Crippen molar-refractivity contribution in [1.82, 2.24) is 9.66 Å². The minimum Gasteiger partial charge on any atom is -0.465 e. The molecule has 0 bridgehead atoms. The van der Waals surface area contributed by atoms with Crippen molar-refractivity contribution in [3.63, 3.8) is 0 Å². The van der Waals surface area contributed by atoms with Crippen molar-refractivity contribution in [2.24, 2.45) is 0 Å². The van der Waals surface area contributed by atoms with E-state index < -0.39 is 11.9 Å². The van der Waals surface area contributed by atoms with Crippen LogP contribution in [0.2, 0.25) is 0 Å². The highest BCUT2D eigenvalue weighted by atomic mass is 32.2. The third kappa shape index (κ3) is 3.94. The summed E-state index contributed by atoms with van der Waals surface area (Å²) in [4.78, 5) is 41.2. The van der Waals surface area contributed by atoms with Crippen LogP contribution in [0.3, 0.4) is 0 Å². The quantitative estimate of drug-likeness (QED) is 0.396. The zero-order valence-corrected chi connectivity index (χ0v) is 15.4. The van der Waals surface area contributed by atoms with E-state index in [1.54, 1.807) is 48.7 Å². The number of nitrogens with one attached hydrogen (secondary N) is 1. The average molecular weight is 389 g/mol. The normalized spacial score (nSPS) is 10.7. The Labute approximate surface area is 157 Å². The summed E-state index contributed by atoms with van der Waals surface area (Å²) in [5, 5.41) is 1.97. The van der Waals surface area contributed by atoms with E-state index in [0.29, 0.717) is 15.8 Å². The molecule has 26 heavy (non-hydrogen) atoms. The number of carbonyl (C=O) groups is 2. The molecule has 2 heterocycles. The molecule has 1 amide bonds. The first-order chi connectivity index (χ1) is 12.6. The zero-order valence-electron chi connectivity index (χ0n) is 13.8. The number of hydrogen-bond acceptors (Lipinski definition) is 7. The van der Waals surface area contributed by atoms with Gasteiger partial charge in [-0.25, -0.2) is 4.98 Å². The maximum Gasteiger partial charge on any atom is 0.316 e. The third-order valence-electron chi connectivity index (χ3n) is 3.32. The number of hydrogen-bond donors (Lipinski definition) is 1. The number of fused-ring (bicyclic) bond motifs is 1. The van der Waals surface area contributed by atoms with E-state index in [9.17, 15) is 14.4 Å². The third-order valence-corrected chi connectivity index (χ3v) is 5.13. The second kappa shape index (κ2) is 8.15. The predicted molar refractivity (Wildman–Crippen MR) is 101 cm³/mol. The number of benzene rings is 1. The summed E-state index contributed by atoms with van der Waals surface area (Å²) in [6.45, 7) is 1.99. The molecule has 0 spiro atoms. The Morgan fingerprint density at radius 3 is 2.77 bits per heavy atom. The number of rotatable bonds is 6. The molecule has 2 aromatic heterocycles. The largest absolute Gasteiger partial charge is 0.465 e. The fourth-order valence-electron chi connectivity index (χ4n) is 2.17. The van der Waals surface area contributed by atoms with Gasteiger partial charge in [-0.15, -0.1) is 11.3 Å². The van der Waals surface area contributed by atoms with Crippen LogP contribution in [0, 0.1) is 0 Å². The Kier molecular flexibility index (Phi) is 5.69. The summed E-state index contributed by atoms with van der Waals surface area (Å²) in [6, 6.07) is 10.3. The highest BCUT2D eigenvalue weighted by Crippen LogP contribution is 2.20. The second-order valence-electron chi connectivity index (χ2n) is 5.07. The molecule has 3 aromatic rings. The first-order valence-corrected chi connectivity index (χ1v) is 9.61. The highest BCUT2D eigenvalue weighted by Gasteiger charge is 2.17. The van der Waals surface area contributed by atoms with Crippen LogP contribution in [0.5, 0.6) is 0 Å². The van der Waals surface area contributed by atoms with Gasteiger partial charge in [-0.1, -0.05) is 30.0 Å². The van der Waals surface area contributed by atoms with Crippen molar-refractivity contribution in [2.45, 2.75) is 12.1 Å². The summed E-state index contributed by atoms with van der Waals surface area (Å²) >= 11 is 2.28. The summed E-state index contributed by atoms with van der Waals surface area (Å²) in [5.41, 5.74) is 3.11. The van der Waals surface area contributed by atoms with Crippen LogP contribution in [0.4, 0.5) is 0 Å². The topological polar surface area (TPSA) is 90.3 Å². The van der Waals surface area contributed by atoms with Crippen LogP contribution < -0.4 is 11.0 Å². The van der Waals surface area contributed by atoms with E-state index in [-0.39, 0.29) is 23.1 Å². The Hall–Kier alpha value is -2.65. The monoisotopic (exact) mass is 389 g/mol. The van der Waals surface area contributed by atoms with Crippen LogP contribution >= 0.6 is 23.1 Å². The smallest absolute Gasteiger partial charge is 0.316 e. The summed E-state index contributed by atoms with van der Waals surface area (Å²) in [6.07, 6.45) is 0. The Balaban J connectivity index is 1.94. The lowest BCUT2D eigenvalue weighted by atomic mass is 10.2. The van der Waals surface area contributed by atoms with Gasteiger partial charge in [-0.3, -0.25) is 19.8 Å². The predicted octanol–water partition coefficient (Wildman–Crippen LogP) is 2.50. The number of aromatic nitrogens is 2.